The summed E-state index contributed by atoms with van der Waals surface area (Å²) >= 11 is 0. The van der Waals surface area contributed by atoms with Crippen LogP contribution >= 0.6 is 0 Å². The number of carbonyl (C=O) groups excluding carboxylic acids is 1. The number of ether oxygens (including phenoxy) is 1. The number of rotatable bonds is 3. The normalized spacial score (nSPS) is 17.6. The summed E-state index contributed by atoms with van der Waals surface area (Å²) in [5.74, 6) is 2.54. The van der Waals surface area contributed by atoms with Crippen LogP contribution < -0.4 is 9.80 Å². The topological polar surface area (TPSA) is 71.5 Å². The molecule has 0 bridgehead atoms. The van der Waals surface area contributed by atoms with Gasteiger partial charge in [-0.25, -0.2) is 15.0 Å². The summed E-state index contributed by atoms with van der Waals surface area (Å²) in [5, 5.41) is 0. The number of Topliss-reactive ketones (excluding diaryl/α,β-unsaturated/α-hetero) is 1. The third kappa shape index (κ3) is 3.33. The summed E-state index contributed by atoms with van der Waals surface area (Å²) < 4.78 is 5.51. The van der Waals surface area contributed by atoms with Crippen molar-refractivity contribution >= 4 is 23.1 Å². The third-order valence-electron chi connectivity index (χ3n) is 6.31. The average Bonchev–Trinajstić information content (AvgIpc) is 3.00. The standard InChI is InChI=1S/C25H27N5O2/c1-16-5-8-22(28-24(16)29-9-11-32-12-10-29)30-21-13-18(19-14-26-17(2)27-15-19)6-7-20(21)23(31)25(30,3)4/h5-8,13-15H,9-12H2,1-4H3. The van der Waals surface area contributed by atoms with Crippen LogP contribution in [0.3, 0.4) is 0 Å². The number of hydrogen-bond donors (Lipinski definition) is 0. The molecular formula is C25H27N5O2. The van der Waals surface area contributed by atoms with Crippen LogP contribution in [0.4, 0.5) is 17.3 Å². The molecule has 7 heteroatoms. The Labute approximate surface area is 188 Å². The van der Waals surface area contributed by atoms with Crippen molar-refractivity contribution in [2.45, 2.75) is 33.2 Å². The van der Waals surface area contributed by atoms with E-state index in [0.29, 0.717) is 18.8 Å². The van der Waals surface area contributed by atoms with E-state index in [-0.39, 0.29) is 5.78 Å². The molecule has 2 aliphatic heterocycles. The summed E-state index contributed by atoms with van der Waals surface area (Å²) in [4.78, 5) is 31.3. The Bertz CT molecular complexity index is 1180. The van der Waals surface area contributed by atoms with Crippen LogP contribution in [0.2, 0.25) is 0 Å². The quantitative estimate of drug-likeness (QED) is 0.621. The zero-order chi connectivity index (χ0) is 22.5. The lowest BCUT2D eigenvalue weighted by Gasteiger charge is -2.34. The smallest absolute Gasteiger partial charge is 0.190 e. The van der Waals surface area contributed by atoms with E-state index in [4.69, 9.17) is 9.72 Å². The predicted octanol–water partition coefficient (Wildman–Crippen LogP) is 4.11. The van der Waals surface area contributed by atoms with Crippen molar-refractivity contribution in [1.29, 1.82) is 0 Å². The van der Waals surface area contributed by atoms with Crippen molar-refractivity contribution in [3.8, 4) is 11.1 Å². The maximum absolute atomic E-state index is 13.3. The second kappa shape index (κ2) is 7.67. The largest absolute Gasteiger partial charge is 0.378 e. The molecule has 0 amide bonds. The Balaban J connectivity index is 1.61. The zero-order valence-electron chi connectivity index (χ0n) is 18.9. The molecule has 0 spiro atoms. The minimum Gasteiger partial charge on any atom is -0.378 e. The number of morpholine rings is 1. The van der Waals surface area contributed by atoms with Crippen molar-refractivity contribution in [1.82, 2.24) is 15.0 Å². The lowest BCUT2D eigenvalue weighted by Crippen LogP contribution is -2.43. The number of fused-ring (bicyclic) bond motifs is 1. The SMILES string of the molecule is Cc1ncc(-c2ccc3c(c2)N(c2ccc(C)c(N4CCOCC4)n2)C(C)(C)C3=O)cn1. The van der Waals surface area contributed by atoms with Gasteiger partial charge >= 0.3 is 0 Å². The van der Waals surface area contributed by atoms with Crippen LogP contribution in [0, 0.1) is 13.8 Å². The van der Waals surface area contributed by atoms with Gasteiger partial charge in [-0.05, 0) is 57.0 Å². The fourth-order valence-electron chi connectivity index (χ4n) is 4.50. The molecule has 0 unspecified atom stereocenters. The van der Waals surface area contributed by atoms with Crippen LogP contribution in [0.25, 0.3) is 11.1 Å². The molecule has 5 rings (SSSR count). The lowest BCUT2D eigenvalue weighted by atomic mass is 9.97. The van der Waals surface area contributed by atoms with E-state index < -0.39 is 5.54 Å². The second-order valence-corrected chi connectivity index (χ2v) is 8.88. The Hall–Kier alpha value is -3.32. The number of benzene rings is 1. The van der Waals surface area contributed by atoms with Crippen LogP contribution in [-0.4, -0.2) is 52.6 Å². The van der Waals surface area contributed by atoms with E-state index in [9.17, 15) is 4.79 Å². The molecule has 2 aliphatic rings. The highest BCUT2D eigenvalue weighted by Gasteiger charge is 2.45. The molecule has 0 aliphatic carbocycles. The van der Waals surface area contributed by atoms with Crippen molar-refractivity contribution in [3.63, 3.8) is 0 Å². The fraction of sp³-hybridized carbons (Fsp3) is 0.360. The first-order chi connectivity index (χ1) is 15.4. The second-order valence-electron chi connectivity index (χ2n) is 8.88. The first-order valence-corrected chi connectivity index (χ1v) is 10.9. The molecule has 7 nitrogen and oxygen atoms in total. The summed E-state index contributed by atoms with van der Waals surface area (Å²) in [6.45, 7) is 10.9. The van der Waals surface area contributed by atoms with E-state index in [1.54, 1.807) is 0 Å². The molecule has 1 fully saturated rings. The molecule has 3 aromatic rings. The van der Waals surface area contributed by atoms with Crippen LogP contribution in [-0.2, 0) is 4.74 Å². The van der Waals surface area contributed by atoms with Gasteiger partial charge in [-0.3, -0.25) is 4.79 Å². The van der Waals surface area contributed by atoms with E-state index >= 15 is 0 Å². The van der Waals surface area contributed by atoms with Gasteiger partial charge in [0.25, 0.3) is 0 Å². The van der Waals surface area contributed by atoms with Gasteiger partial charge in [0.2, 0.25) is 0 Å². The molecule has 164 valence electrons. The number of aromatic nitrogens is 3. The van der Waals surface area contributed by atoms with E-state index in [1.165, 1.54) is 0 Å². The molecule has 1 aromatic carbocycles. The predicted molar refractivity (Wildman–Crippen MR) is 125 cm³/mol. The summed E-state index contributed by atoms with van der Waals surface area (Å²) in [6.07, 6.45) is 3.63. The number of carbonyl (C=O) groups is 1. The van der Waals surface area contributed by atoms with Gasteiger partial charge in [-0.2, -0.15) is 0 Å². The summed E-state index contributed by atoms with van der Waals surface area (Å²) in [6, 6.07) is 10.0. The Morgan fingerprint density at radius 2 is 1.69 bits per heavy atom. The molecule has 2 aromatic heterocycles. The highest BCUT2D eigenvalue weighted by Crippen LogP contribution is 2.45. The molecule has 1 saturated heterocycles. The van der Waals surface area contributed by atoms with Gasteiger partial charge in [-0.15, -0.1) is 0 Å². The van der Waals surface area contributed by atoms with Crippen molar-refractivity contribution < 1.29 is 9.53 Å². The van der Waals surface area contributed by atoms with Crippen molar-refractivity contribution in [3.05, 3.63) is 59.7 Å². The van der Waals surface area contributed by atoms with E-state index in [1.807, 2.05) is 57.4 Å². The average molecular weight is 430 g/mol. The molecule has 0 atom stereocenters. The van der Waals surface area contributed by atoms with Gasteiger partial charge in [0.05, 0.1) is 18.9 Å². The number of nitrogens with zero attached hydrogens (tertiary/aromatic N) is 5. The van der Waals surface area contributed by atoms with E-state index in [2.05, 4.69) is 32.8 Å². The molecule has 0 saturated carbocycles. The Morgan fingerprint density at radius 1 is 0.969 bits per heavy atom. The molecule has 32 heavy (non-hydrogen) atoms. The number of hydrogen-bond acceptors (Lipinski definition) is 7. The number of ketones is 1. The van der Waals surface area contributed by atoms with Crippen molar-refractivity contribution in [2.75, 3.05) is 36.1 Å². The molecule has 4 heterocycles. The first-order valence-electron chi connectivity index (χ1n) is 10.9. The van der Waals surface area contributed by atoms with Gasteiger partial charge in [0.1, 0.15) is 23.0 Å². The molecule has 0 N–H and O–H groups in total. The highest BCUT2D eigenvalue weighted by molar-refractivity contribution is 6.15. The minimum absolute atomic E-state index is 0.0921. The molecular weight excluding hydrogens is 402 g/mol. The van der Waals surface area contributed by atoms with Crippen LogP contribution in [0.1, 0.15) is 35.6 Å². The van der Waals surface area contributed by atoms with Gasteiger partial charge in [-0.1, -0.05) is 12.1 Å². The fourth-order valence-corrected chi connectivity index (χ4v) is 4.50. The number of aryl methyl sites for hydroxylation is 2. The zero-order valence-corrected chi connectivity index (χ0v) is 18.9. The monoisotopic (exact) mass is 429 g/mol. The summed E-state index contributed by atoms with van der Waals surface area (Å²) in [7, 11) is 0. The van der Waals surface area contributed by atoms with Gasteiger partial charge in [0.15, 0.2) is 5.78 Å². The van der Waals surface area contributed by atoms with Gasteiger partial charge in [0, 0.05) is 36.6 Å². The minimum atomic E-state index is -0.741. The summed E-state index contributed by atoms with van der Waals surface area (Å²) in [5.41, 5.74) is 3.84. The maximum atomic E-state index is 13.3. The maximum Gasteiger partial charge on any atom is 0.190 e. The number of pyridine rings is 1. The molecule has 0 radical (unpaired) electrons. The van der Waals surface area contributed by atoms with Crippen molar-refractivity contribution in [2.24, 2.45) is 0 Å². The first kappa shape index (κ1) is 20.6. The highest BCUT2D eigenvalue weighted by atomic mass is 16.5. The Kier molecular flexibility index (Phi) is 4.93. The Morgan fingerprint density at radius 3 is 2.41 bits per heavy atom. The van der Waals surface area contributed by atoms with E-state index in [0.717, 1.165) is 52.9 Å². The van der Waals surface area contributed by atoms with Crippen LogP contribution in [0.15, 0.2) is 42.7 Å². The third-order valence-corrected chi connectivity index (χ3v) is 6.31. The van der Waals surface area contributed by atoms with Crippen LogP contribution in [0.5, 0.6) is 0 Å². The number of anilines is 3. The lowest BCUT2D eigenvalue weighted by molar-refractivity contribution is 0.0929. The van der Waals surface area contributed by atoms with Gasteiger partial charge < -0.3 is 14.5 Å².